The van der Waals surface area contributed by atoms with Gasteiger partial charge in [-0.3, -0.25) is 4.79 Å². The maximum Gasteiger partial charge on any atom is 0.326 e. The van der Waals surface area contributed by atoms with Crippen molar-refractivity contribution in [3.05, 3.63) is 0 Å². The van der Waals surface area contributed by atoms with E-state index < -0.39 is 12.0 Å². The number of piperidine rings is 1. The maximum absolute atomic E-state index is 12.1. The average molecular weight is 282 g/mol. The molecule has 0 aliphatic carbocycles. The van der Waals surface area contributed by atoms with E-state index in [0.717, 1.165) is 38.4 Å². The number of nitrogens with zero attached hydrogens (tertiary/aromatic N) is 2. The molecule has 2 atom stereocenters. The van der Waals surface area contributed by atoms with Crippen molar-refractivity contribution in [1.82, 2.24) is 9.80 Å². The zero-order valence-electron chi connectivity index (χ0n) is 12.4. The highest BCUT2D eigenvalue weighted by Crippen LogP contribution is 2.20. The number of rotatable bonds is 5. The normalized spacial score (nSPS) is 27.8. The smallest absolute Gasteiger partial charge is 0.326 e. The molecule has 2 aliphatic heterocycles. The highest BCUT2D eigenvalue weighted by molar-refractivity contribution is 5.84. The molecule has 0 aromatic heterocycles. The lowest BCUT2D eigenvalue weighted by atomic mass is 10.00. The second-order valence-electron chi connectivity index (χ2n) is 6.23. The van der Waals surface area contributed by atoms with Gasteiger partial charge in [-0.2, -0.15) is 0 Å². The predicted octanol–water partition coefficient (Wildman–Crippen LogP) is 1.57. The molecule has 0 bridgehead atoms. The largest absolute Gasteiger partial charge is 0.480 e. The zero-order chi connectivity index (χ0) is 14.5. The Morgan fingerprint density at radius 1 is 1.20 bits per heavy atom. The molecule has 2 aliphatic rings. The molecule has 114 valence electrons. The molecule has 0 spiro atoms. The van der Waals surface area contributed by atoms with Gasteiger partial charge < -0.3 is 14.9 Å². The van der Waals surface area contributed by atoms with Crippen LogP contribution in [-0.2, 0) is 9.59 Å². The summed E-state index contributed by atoms with van der Waals surface area (Å²) in [6.07, 6.45) is 5.30. The van der Waals surface area contributed by atoms with Crippen molar-refractivity contribution in [3.8, 4) is 0 Å². The highest BCUT2D eigenvalue weighted by Gasteiger charge is 2.33. The summed E-state index contributed by atoms with van der Waals surface area (Å²) in [5, 5.41) is 9.09. The standard InChI is InChI=1S/C15H26N2O3/c1-12-5-2-8-16(11-12)9-4-7-14(18)17-10-3-6-13(17)15(19)20/h12-13H,2-11H2,1H3,(H,19,20). The summed E-state index contributed by atoms with van der Waals surface area (Å²) >= 11 is 0. The van der Waals surface area contributed by atoms with E-state index in [-0.39, 0.29) is 5.91 Å². The average Bonchev–Trinajstić information content (AvgIpc) is 2.88. The molecule has 1 N–H and O–H groups in total. The summed E-state index contributed by atoms with van der Waals surface area (Å²) in [6, 6.07) is -0.586. The number of hydrogen-bond acceptors (Lipinski definition) is 3. The van der Waals surface area contributed by atoms with Crippen molar-refractivity contribution < 1.29 is 14.7 Å². The van der Waals surface area contributed by atoms with Crippen LogP contribution in [0.2, 0.25) is 0 Å². The van der Waals surface area contributed by atoms with Gasteiger partial charge in [0.25, 0.3) is 0 Å². The van der Waals surface area contributed by atoms with Gasteiger partial charge in [0.1, 0.15) is 6.04 Å². The number of carboxylic acid groups (broad SMARTS) is 1. The van der Waals surface area contributed by atoms with Crippen LogP contribution in [-0.4, -0.2) is 59.0 Å². The summed E-state index contributed by atoms with van der Waals surface area (Å²) < 4.78 is 0. The lowest BCUT2D eigenvalue weighted by molar-refractivity contribution is -0.148. The van der Waals surface area contributed by atoms with E-state index in [1.807, 2.05) is 0 Å². The zero-order valence-corrected chi connectivity index (χ0v) is 12.4. The molecule has 5 nitrogen and oxygen atoms in total. The van der Waals surface area contributed by atoms with Crippen molar-refractivity contribution in [2.45, 2.75) is 51.5 Å². The van der Waals surface area contributed by atoms with Gasteiger partial charge >= 0.3 is 5.97 Å². The summed E-state index contributed by atoms with van der Waals surface area (Å²) in [6.45, 7) is 6.12. The lowest BCUT2D eigenvalue weighted by Gasteiger charge is -2.31. The summed E-state index contributed by atoms with van der Waals surface area (Å²) in [5.41, 5.74) is 0. The Hall–Kier alpha value is -1.10. The quantitative estimate of drug-likeness (QED) is 0.831. The van der Waals surface area contributed by atoms with E-state index in [4.69, 9.17) is 5.11 Å². The molecule has 2 unspecified atom stereocenters. The van der Waals surface area contributed by atoms with E-state index >= 15 is 0 Å². The van der Waals surface area contributed by atoms with Crippen LogP contribution in [0.1, 0.15) is 45.4 Å². The van der Waals surface area contributed by atoms with Crippen LogP contribution in [0.5, 0.6) is 0 Å². The minimum absolute atomic E-state index is 0.0138. The van der Waals surface area contributed by atoms with E-state index in [1.165, 1.54) is 12.8 Å². The molecule has 1 amide bonds. The van der Waals surface area contributed by atoms with Gasteiger partial charge in [0.2, 0.25) is 5.91 Å². The number of amides is 1. The van der Waals surface area contributed by atoms with Gasteiger partial charge in [-0.1, -0.05) is 6.92 Å². The molecule has 5 heteroatoms. The molecule has 2 saturated heterocycles. The molecular formula is C15H26N2O3. The van der Waals surface area contributed by atoms with Crippen LogP contribution < -0.4 is 0 Å². The van der Waals surface area contributed by atoms with Crippen LogP contribution in [0.3, 0.4) is 0 Å². The second kappa shape index (κ2) is 7.07. The lowest BCUT2D eigenvalue weighted by Crippen LogP contribution is -2.41. The Morgan fingerprint density at radius 2 is 1.95 bits per heavy atom. The third kappa shape index (κ3) is 3.95. The van der Waals surface area contributed by atoms with Crippen LogP contribution in [0, 0.1) is 5.92 Å². The SMILES string of the molecule is CC1CCCN(CCCC(=O)N2CCCC2C(=O)O)C1. The molecule has 20 heavy (non-hydrogen) atoms. The Balaban J connectivity index is 1.71. The van der Waals surface area contributed by atoms with Gasteiger partial charge in [0.05, 0.1) is 0 Å². The van der Waals surface area contributed by atoms with Gasteiger partial charge in [-0.05, 0) is 51.1 Å². The topological polar surface area (TPSA) is 60.9 Å². The molecule has 2 heterocycles. The molecule has 0 aromatic carbocycles. The van der Waals surface area contributed by atoms with E-state index in [9.17, 15) is 9.59 Å². The first-order valence-corrected chi connectivity index (χ1v) is 7.82. The van der Waals surface area contributed by atoms with Crippen molar-refractivity contribution in [1.29, 1.82) is 0 Å². The molecule has 0 radical (unpaired) electrons. The number of carbonyl (C=O) groups is 2. The minimum atomic E-state index is -0.860. The van der Waals surface area contributed by atoms with Crippen molar-refractivity contribution in [2.24, 2.45) is 5.92 Å². The van der Waals surface area contributed by atoms with E-state index in [2.05, 4.69) is 11.8 Å². The Kier molecular flexibility index (Phi) is 5.40. The number of carbonyl (C=O) groups excluding carboxylic acids is 1. The van der Waals surface area contributed by atoms with Crippen LogP contribution in [0.25, 0.3) is 0 Å². The van der Waals surface area contributed by atoms with Gasteiger partial charge in [-0.15, -0.1) is 0 Å². The van der Waals surface area contributed by atoms with Crippen molar-refractivity contribution in [2.75, 3.05) is 26.2 Å². The molecular weight excluding hydrogens is 256 g/mol. The fourth-order valence-corrected chi connectivity index (χ4v) is 3.41. The summed E-state index contributed by atoms with van der Waals surface area (Å²) in [4.78, 5) is 27.2. The number of aliphatic carboxylic acids is 1. The molecule has 2 rings (SSSR count). The highest BCUT2D eigenvalue weighted by atomic mass is 16.4. The Morgan fingerprint density at radius 3 is 2.65 bits per heavy atom. The predicted molar refractivity (Wildman–Crippen MR) is 76.4 cm³/mol. The van der Waals surface area contributed by atoms with Crippen molar-refractivity contribution >= 4 is 11.9 Å². The monoisotopic (exact) mass is 282 g/mol. The fraction of sp³-hybridized carbons (Fsp3) is 0.867. The van der Waals surface area contributed by atoms with Gasteiger partial charge in [0, 0.05) is 19.5 Å². The third-order valence-electron chi connectivity index (χ3n) is 4.46. The summed E-state index contributed by atoms with van der Waals surface area (Å²) in [7, 11) is 0. The van der Waals surface area contributed by atoms with Gasteiger partial charge in [-0.25, -0.2) is 4.79 Å². The van der Waals surface area contributed by atoms with E-state index in [0.29, 0.717) is 19.4 Å². The first kappa shape index (κ1) is 15.3. The van der Waals surface area contributed by atoms with Crippen LogP contribution in [0.15, 0.2) is 0 Å². The first-order valence-electron chi connectivity index (χ1n) is 7.82. The van der Waals surface area contributed by atoms with Crippen LogP contribution in [0.4, 0.5) is 0 Å². The van der Waals surface area contributed by atoms with Crippen molar-refractivity contribution in [3.63, 3.8) is 0 Å². The second-order valence-corrected chi connectivity index (χ2v) is 6.23. The third-order valence-corrected chi connectivity index (χ3v) is 4.46. The minimum Gasteiger partial charge on any atom is -0.480 e. The molecule has 2 fully saturated rings. The fourth-order valence-electron chi connectivity index (χ4n) is 3.41. The number of hydrogen-bond donors (Lipinski definition) is 1. The number of carboxylic acids is 1. The summed E-state index contributed by atoms with van der Waals surface area (Å²) in [5.74, 6) is -0.0879. The van der Waals surface area contributed by atoms with E-state index in [1.54, 1.807) is 4.90 Å². The molecule has 0 saturated carbocycles. The number of likely N-dealkylation sites (tertiary alicyclic amines) is 2. The first-order chi connectivity index (χ1) is 9.58. The Bertz CT molecular complexity index is 359. The molecule has 0 aromatic rings. The Labute approximate surface area is 120 Å². The maximum atomic E-state index is 12.1. The van der Waals surface area contributed by atoms with Crippen LogP contribution >= 0.6 is 0 Å². The van der Waals surface area contributed by atoms with Gasteiger partial charge in [0.15, 0.2) is 0 Å².